The van der Waals surface area contributed by atoms with E-state index in [4.69, 9.17) is 0 Å². The molecule has 17 heavy (non-hydrogen) atoms. The van der Waals surface area contributed by atoms with Crippen LogP contribution in [-0.4, -0.2) is 36.4 Å². The number of rotatable bonds is 6. The fourth-order valence-corrected chi connectivity index (χ4v) is 2.09. The highest BCUT2D eigenvalue weighted by Gasteiger charge is 2.30. The Labute approximate surface area is 103 Å². The van der Waals surface area contributed by atoms with Crippen LogP contribution in [-0.2, 0) is 4.74 Å². The van der Waals surface area contributed by atoms with Crippen molar-refractivity contribution in [3.8, 4) is 0 Å². The lowest BCUT2D eigenvalue weighted by Gasteiger charge is -2.29. The third-order valence-electron chi connectivity index (χ3n) is 2.64. The van der Waals surface area contributed by atoms with Crippen LogP contribution in [0.2, 0.25) is 0 Å². The Balaban J connectivity index is 4.06. The quantitative estimate of drug-likeness (QED) is 0.807. The van der Waals surface area contributed by atoms with Gasteiger partial charge in [-0.05, 0) is 19.1 Å². The zero-order chi connectivity index (χ0) is 13.5. The Morgan fingerprint density at radius 1 is 1.29 bits per heavy atom. The van der Waals surface area contributed by atoms with Gasteiger partial charge in [-0.25, -0.2) is 4.79 Å². The predicted octanol–water partition coefficient (Wildman–Crippen LogP) is 3.20. The summed E-state index contributed by atoms with van der Waals surface area (Å²) in [7, 11) is 0. The smallest absolute Gasteiger partial charge is 0.422 e. The zero-order valence-electron chi connectivity index (χ0n) is 10.2. The molecule has 0 spiro atoms. The van der Waals surface area contributed by atoms with Gasteiger partial charge in [0.15, 0.2) is 6.61 Å². The van der Waals surface area contributed by atoms with Crippen molar-refractivity contribution in [2.45, 2.75) is 37.6 Å². The van der Waals surface area contributed by atoms with Gasteiger partial charge in [0.2, 0.25) is 0 Å². The van der Waals surface area contributed by atoms with E-state index in [9.17, 15) is 18.0 Å². The van der Waals surface area contributed by atoms with Crippen LogP contribution in [0.1, 0.15) is 26.7 Å². The molecule has 0 aromatic carbocycles. The second-order valence-electron chi connectivity index (χ2n) is 3.64. The summed E-state index contributed by atoms with van der Waals surface area (Å²) in [5.41, 5.74) is 0. The molecule has 1 amide bonds. The summed E-state index contributed by atoms with van der Waals surface area (Å²) in [5.74, 6) is 0. The molecule has 0 rings (SSSR count). The topological polar surface area (TPSA) is 38.3 Å². The van der Waals surface area contributed by atoms with Gasteiger partial charge in [0, 0.05) is 11.3 Å². The van der Waals surface area contributed by atoms with E-state index in [0.29, 0.717) is 6.54 Å². The first-order valence-corrected chi connectivity index (χ1v) is 6.53. The molecule has 0 aromatic heterocycles. The standard InChI is InChI=1S/C10H18F3NO2S/c1-4-9(5-2,17-3)6-14-8(15)16-7-10(11,12)13/h4-7H2,1-3H3,(H,14,15). The maximum atomic E-state index is 11.8. The lowest BCUT2D eigenvalue weighted by molar-refractivity contribution is -0.160. The second kappa shape index (κ2) is 6.98. The summed E-state index contributed by atoms with van der Waals surface area (Å²) in [4.78, 5) is 11.0. The van der Waals surface area contributed by atoms with Crippen molar-refractivity contribution >= 4 is 17.9 Å². The van der Waals surface area contributed by atoms with Crippen LogP contribution in [0.25, 0.3) is 0 Å². The van der Waals surface area contributed by atoms with Crippen LogP contribution in [0, 0.1) is 0 Å². The summed E-state index contributed by atoms with van der Waals surface area (Å²) in [6, 6.07) is 0. The Bertz CT molecular complexity index is 234. The first kappa shape index (κ1) is 16.4. The predicted molar refractivity (Wildman–Crippen MR) is 62.2 cm³/mol. The molecule has 1 N–H and O–H groups in total. The molecule has 0 aliphatic heterocycles. The highest BCUT2D eigenvalue weighted by molar-refractivity contribution is 8.00. The van der Waals surface area contributed by atoms with E-state index in [2.05, 4.69) is 10.1 Å². The van der Waals surface area contributed by atoms with Gasteiger partial charge in [-0.3, -0.25) is 0 Å². The molecular formula is C10H18F3NO2S. The first-order chi connectivity index (χ1) is 7.78. The maximum Gasteiger partial charge on any atom is 0.422 e. The summed E-state index contributed by atoms with van der Waals surface area (Å²) in [6.07, 6.45) is -1.95. The van der Waals surface area contributed by atoms with Crippen molar-refractivity contribution in [1.82, 2.24) is 5.32 Å². The number of hydrogen-bond donors (Lipinski definition) is 1. The van der Waals surface area contributed by atoms with Crippen LogP contribution >= 0.6 is 11.8 Å². The van der Waals surface area contributed by atoms with E-state index in [1.807, 2.05) is 20.1 Å². The average Bonchev–Trinajstić information content (AvgIpc) is 2.28. The Hall–Kier alpha value is -0.590. The number of carbonyl (C=O) groups is 1. The molecule has 7 heteroatoms. The molecule has 0 aliphatic carbocycles. The van der Waals surface area contributed by atoms with Crippen LogP contribution in [0.5, 0.6) is 0 Å². The van der Waals surface area contributed by atoms with Crippen molar-refractivity contribution in [2.24, 2.45) is 0 Å². The molecular weight excluding hydrogens is 255 g/mol. The van der Waals surface area contributed by atoms with E-state index in [-0.39, 0.29) is 4.75 Å². The highest BCUT2D eigenvalue weighted by Crippen LogP contribution is 2.29. The minimum Gasteiger partial charge on any atom is -0.440 e. The molecule has 0 aliphatic rings. The molecule has 0 saturated carbocycles. The van der Waals surface area contributed by atoms with Gasteiger partial charge in [0.1, 0.15) is 0 Å². The van der Waals surface area contributed by atoms with Gasteiger partial charge < -0.3 is 10.1 Å². The number of hydrogen-bond acceptors (Lipinski definition) is 3. The van der Waals surface area contributed by atoms with E-state index < -0.39 is 18.9 Å². The van der Waals surface area contributed by atoms with Gasteiger partial charge in [0.05, 0.1) is 0 Å². The first-order valence-electron chi connectivity index (χ1n) is 5.31. The van der Waals surface area contributed by atoms with Gasteiger partial charge in [-0.15, -0.1) is 0 Å². The molecule has 0 heterocycles. The molecule has 0 atom stereocenters. The minimum atomic E-state index is -4.48. The summed E-state index contributed by atoms with van der Waals surface area (Å²) in [6.45, 7) is 2.70. The molecule has 0 aromatic rings. The lowest BCUT2D eigenvalue weighted by Crippen LogP contribution is -2.40. The minimum absolute atomic E-state index is 0.142. The van der Waals surface area contributed by atoms with Crippen LogP contribution in [0.3, 0.4) is 0 Å². The molecule has 102 valence electrons. The van der Waals surface area contributed by atoms with E-state index in [0.717, 1.165) is 12.8 Å². The molecule has 3 nitrogen and oxygen atoms in total. The average molecular weight is 273 g/mol. The number of alkyl carbamates (subject to hydrolysis) is 1. The van der Waals surface area contributed by atoms with Crippen LogP contribution in [0.4, 0.5) is 18.0 Å². The fourth-order valence-electron chi connectivity index (χ4n) is 1.29. The molecule has 0 saturated heterocycles. The van der Waals surface area contributed by atoms with Gasteiger partial charge >= 0.3 is 12.3 Å². The maximum absolute atomic E-state index is 11.8. The van der Waals surface area contributed by atoms with Crippen molar-refractivity contribution in [3.05, 3.63) is 0 Å². The van der Waals surface area contributed by atoms with E-state index in [1.54, 1.807) is 11.8 Å². The molecule has 0 radical (unpaired) electrons. The number of alkyl halides is 3. The molecule has 0 fully saturated rings. The number of amides is 1. The number of thioether (sulfide) groups is 1. The van der Waals surface area contributed by atoms with Crippen molar-refractivity contribution in [1.29, 1.82) is 0 Å². The Morgan fingerprint density at radius 3 is 2.18 bits per heavy atom. The van der Waals surface area contributed by atoms with Crippen molar-refractivity contribution in [3.63, 3.8) is 0 Å². The van der Waals surface area contributed by atoms with Gasteiger partial charge in [-0.1, -0.05) is 13.8 Å². The third kappa shape index (κ3) is 6.65. The number of carbonyl (C=O) groups excluding carboxylic acids is 1. The second-order valence-corrected chi connectivity index (χ2v) is 4.91. The normalized spacial score (nSPS) is 12.4. The number of nitrogens with one attached hydrogen (secondary N) is 1. The number of ether oxygens (including phenoxy) is 1. The van der Waals surface area contributed by atoms with Crippen LogP contribution < -0.4 is 5.32 Å². The fraction of sp³-hybridized carbons (Fsp3) is 0.900. The molecule has 0 bridgehead atoms. The highest BCUT2D eigenvalue weighted by atomic mass is 32.2. The largest absolute Gasteiger partial charge is 0.440 e. The Kier molecular flexibility index (Phi) is 6.74. The van der Waals surface area contributed by atoms with Gasteiger partial charge in [-0.2, -0.15) is 24.9 Å². The number of halogens is 3. The van der Waals surface area contributed by atoms with Crippen molar-refractivity contribution < 1.29 is 22.7 Å². The lowest BCUT2D eigenvalue weighted by atomic mass is 10.0. The van der Waals surface area contributed by atoms with Crippen LogP contribution in [0.15, 0.2) is 0 Å². The summed E-state index contributed by atoms with van der Waals surface area (Å²) >= 11 is 1.59. The molecule has 0 unspecified atom stereocenters. The Morgan fingerprint density at radius 2 is 1.82 bits per heavy atom. The van der Waals surface area contributed by atoms with Gasteiger partial charge in [0.25, 0.3) is 0 Å². The third-order valence-corrected chi connectivity index (χ3v) is 4.23. The van der Waals surface area contributed by atoms with E-state index in [1.165, 1.54) is 0 Å². The summed E-state index contributed by atoms with van der Waals surface area (Å²) in [5, 5.41) is 2.37. The monoisotopic (exact) mass is 273 g/mol. The summed E-state index contributed by atoms with van der Waals surface area (Å²) < 4.78 is 39.2. The van der Waals surface area contributed by atoms with E-state index >= 15 is 0 Å². The van der Waals surface area contributed by atoms with Crippen molar-refractivity contribution in [2.75, 3.05) is 19.4 Å². The SMILES string of the molecule is CCC(CC)(CNC(=O)OCC(F)(F)F)SC. The zero-order valence-corrected chi connectivity index (χ0v) is 11.0.